The van der Waals surface area contributed by atoms with E-state index in [2.05, 4.69) is 4.98 Å². The third-order valence-corrected chi connectivity index (χ3v) is 3.08. The number of nitrogens with two attached hydrogens (primary N) is 1. The molecule has 0 radical (unpaired) electrons. The summed E-state index contributed by atoms with van der Waals surface area (Å²) in [4.78, 5) is 4.23. The lowest BCUT2D eigenvalue weighted by Gasteiger charge is -2.08. The van der Waals surface area contributed by atoms with Crippen molar-refractivity contribution in [2.45, 2.75) is 11.4 Å². The minimum atomic E-state index is -2.04. The van der Waals surface area contributed by atoms with E-state index in [-0.39, 0.29) is 6.54 Å². The standard InChI is InChI=1S/C12H12N2O3S/c13-7-9-6-10(3-4-12(9)18(15)16)17-11-2-1-5-14-8-11/h1-6,8H,7,13H2,(H,15,16). The lowest BCUT2D eigenvalue weighted by Crippen LogP contribution is -2.03. The Morgan fingerprint density at radius 3 is 2.78 bits per heavy atom. The Balaban J connectivity index is 2.28. The van der Waals surface area contributed by atoms with Gasteiger partial charge in [-0.05, 0) is 35.9 Å². The van der Waals surface area contributed by atoms with Gasteiger partial charge in [-0.1, -0.05) is 0 Å². The lowest BCUT2D eigenvalue weighted by atomic mass is 10.2. The first-order chi connectivity index (χ1) is 8.70. The molecule has 6 heteroatoms. The van der Waals surface area contributed by atoms with Crippen molar-refractivity contribution >= 4 is 11.1 Å². The van der Waals surface area contributed by atoms with Crippen molar-refractivity contribution in [1.82, 2.24) is 4.98 Å². The molecule has 0 aliphatic heterocycles. The Labute approximate surface area is 107 Å². The summed E-state index contributed by atoms with van der Waals surface area (Å²) >= 11 is -2.04. The van der Waals surface area contributed by atoms with Gasteiger partial charge in [-0.15, -0.1) is 0 Å². The average molecular weight is 264 g/mol. The largest absolute Gasteiger partial charge is 0.456 e. The second kappa shape index (κ2) is 5.72. The second-order valence-corrected chi connectivity index (χ2v) is 4.45. The van der Waals surface area contributed by atoms with Crippen LogP contribution in [0.3, 0.4) is 0 Å². The van der Waals surface area contributed by atoms with E-state index in [0.717, 1.165) is 0 Å². The Kier molecular flexibility index (Phi) is 4.03. The van der Waals surface area contributed by atoms with Crippen molar-refractivity contribution in [2.24, 2.45) is 5.73 Å². The SMILES string of the molecule is NCc1cc(Oc2cccnc2)ccc1S(=O)O. The molecule has 1 atom stereocenters. The minimum Gasteiger partial charge on any atom is -0.456 e. The third kappa shape index (κ3) is 2.92. The zero-order valence-electron chi connectivity index (χ0n) is 9.45. The van der Waals surface area contributed by atoms with E-state index < -0.39 is 11.1 Å². The van der Waals surface area contributed by atoms with Crippen LogP contribution in [0, 0.1) is 0 Å². The van der Waals surface area contributed by atoms with Gasteiger partial charge in [0.05, 0.1) is 11.1 Å². The fraction of sp³-hybridized carbons (Fsp3) is 0.0833. The number of hydrogen-bond acceptors (Lipinski definition) is 4. The summed E-state index contributed by atoms with van der Waals surface area (Å²) in [5.41, 5.74) is 6.12. The molecule has 3 N–H and O–H groups in total. The average Bonchev–Trinajstić information content (AvgIpc) is 2.39. The minimum absolute atomic E-state index is 0.172. The number of rotatable bonds is 4. The number of pyridine rings is 1. The molecule has 94 valence electrons. The van der Waals surface area contributed by atoms with Crippen LogP contribution in [0.25, 0.3) is 0 Å². The first-order valence-corrected chi connectivity index (χ1v) is 6.33. The van der Waals surface area contributed by atoms with Crippen LogP contribution in [0.4, 0.5) is 0 Å². The van der Waals surface area contributed by atoms with Crippen molar-refractivity contribution in [3.8, 4) is 11.5 Å². The molecule has 1 unspecified atom stereocenters. The van der Waals surface area contributed by atoms with E-state index in [1.807, 2.05) is 0 Å². The molecule has 1 aromatic carbocycles. The van der Waals surface area contributed by atoms with Gasteiger partial charge >= 0.3 is 0 Å². The third-order valence-electron chi connectivity index (χ3n) is 2.31. The zero-order chi connectivity index (χ0) is 13.0. The Morgan fingerprint density at radius 2 is 2.17 bits per heavy atom. The normalized spacial score (nSPS) is 12.1. The highest BCUT2D eigenvalue weighted by Gasteiger charge is 2.08. The summed E-state index contributed by atoms with van der Waals surface area (Å²) in [6.45, 7) is 0.172. The van der Waals surface area contributed by atoms with Crippen molar-refractivity contribution < 1.29 is 13.5 Å². The molecule has 0 spiro atoms. The van der Waals surface area contributed by atoms with Crippen LogP contribution in [0.15, 0.2) is 47.6 Å². The maximum Gasteiger partial charge on any atom is 0.186 e. The molecule has 0 aliphatic carbocycles. The molecule has 18 heavy (non-hydrogen) atoms. The molecular weight excluding hydrogens is 252 g/mol. The Morgan fingerprint density at radius 1 is 1.33 bits per heavy atom. The first kappa shape index (κ1) is 12.7. The Hall–Kier alpha value is -1.76. The van der Waals surface area contributed by atoms with E-state index in [4.69, 9.17) is 15.0 Å². The van der Waals surface area contributed by atoms with Gasteiger partial charge in [0.25, 0.3) is 0 Å². The molecule has 1 heterocycles. The van der Waals surface area contributed by atoms with Crippen LogP contribution in [0.5, 0.6) is 11.5 Å². The summed E-state index contributed by atoms with van der Waals surface area (Å²) in [5, 5.41) is 0. The highest BCUT2D eigenvalue weighted by atomic mass is 32.2. The van der Waals surface area contributed by atoms with Crippen molar-refractivity contribution in [1.29, 1.82) is 0 Å². The van der Waals surface area contributed by atoms with Crippen LogP contribution in [-0.4, -0.2) is 13.7 Å². The van der Waals surface area contributed by atoms with Crippen molar-refractivity contribution in [3.05, 3.63) is 48.3 Å². The molecule has 1 aromatic heterocycles. The summed E-state index contributed by atoms with van der Waals surface area (Å²) in [6.07, 6.45) is 3.23. The van der Waals surface area contributed by atoms with Gasteiger partial charge < -0.3 is 15.0 Å². The monoisotopic (exact) mass is 264 g/mol. The summed E-state index contributed by atoms with van der Waals surface area (Å²) in [6, 6.07) is 8.33. The predicted molar refractivity (Wildman–Crippen MR) is 67.7 cm³/mol. The van der Waals surface area contributed by atoms with E-state index in [0.29, 0.717) is 22.0 Å². The fourth-order valence-corrected chi connectivity index (χ4v) is 2.04. The molecule has 0 fully saturated rings. The maximum absolute atomic E-state index is 11.1. The van der Waals surface area contributed by atoms with Gasteiger partial charge in [0.2, 0.25) is 0 Å². The lowest BCUT2D eigenvalue weighted by molar-refractivity contribution is 0.478. The van der Waals surface area contributed by atoms with Gasteiger partial charge in [0, 0.05) is 12.7 Å². The number of aromatic nitrogens is 1. The summed E-state index contributed by atoms with van der Waals surface area (Å²) < 4.78 is 25.7. The molecule has 0 bridgehead atoms. The van der Waals surface area contributed by atoms with Gasteiger partial charge in [0.15, 0.2) is 11.1 Å². The molecular formula is C12H12N2O3S. The topological polar surface area (TPSA) is 85.4 Å². The first-order valence-electron chi connectivity index (χ1n) is 5.22. The molecule has 0 aliphatic rings. The predicted octanol–water partition coefficient (Wildman–Crippen LogP) is 1.91. The number of benzene rings is 1. The molecule has 2 rings (SSSR count). The molecule has 0 saturated heterocycles. The molecule has 0 saturated carbocycles. The summed E-state index contributed by atoms with van der Waals surface area (Å²) in [7, 11) is 0. The number of hydrogen-bond donors (Lipinski definition) is 2. The fourth-order valence-electron chi connectivity index (χ4n) is 1.49. The Bertz CT molecular complexity index is 561. The van der Waals surface area contributed by atoms with Crippen LogP contribution >= 0.6 is 0 Å². The maximum atomic E-state index is 11.1. The highest BCUT2D eigenvalue weighted by Crippen LogP contribution is 2.24. The van der Waals surface area contributed by atoms with E-state index >= 15 is 0 Å². The molecule has 0 amide bonds. The van der Waals surface area contributed by atoms with Crippen molar-refractivity contribution in [2.75, 3.05) is 0 Å². The highest BCUT2D eigenvalue weighted by molar-refractivity contribution is 7.79. The zero-order valence-corrected chi connectivity index (χ0v) is 10.3. The van der Waals surface area contributed by atoms with Crippen LogP contribution in [-0.2, 0) is 17.6 Å². The van der Waals surface area contributed by atoms with Gasteiger partial charge in [-0.3, -0.25) is 4.98 Å². The van der Waals surface area contributed by atoms with E-state index in [1.165, 1.54) is 6.07 Å². The van der Waals surface area contributed by atoms with Crippen LogP contribution in [0.1, 0.15) is 5.56 Å². The van der Waals surface area contributed by atoms with Crippen LogP contribution in [0.2, 0.25) is 0 Å². The molecule has 5 nitrogen and oxygen atoms in total. The molecule has 2 aromatic rings. The van der Waals surface area contributed by atoms with Crippen molar-refractivity contribution in [3.63, 3.8) is 0 Å². The van der Waals surface area contributed by atoms with Gasteiger partial charge in [-0.25, -0.2) is 4.21 Å². The van der Waals surface area contributed by atoms with Gasteiger partial charge in [-0.2, -0.15) is 0 Å². The summed E-state index contributed by atoms with van der Waals surface area (Å²) in [5.74, 6) is 1.15. The van der Waals surface area contributed by atoms with E-state index in [1.54, 1.807) is 36.7 Å². The second-order valence-electron chi connectivity index (χ2n) is 3.51. The van der Waals surface area contributed by atoms with Crippen LogP contribution < -0.4 is 10.5 Å². The smallest absolute Gasteiger partial charge is 0.186 e. The van der Waals surface area contributed by atoms with E-state index in [9.17, 15) is 4.21 Å². The number of ether oxygens (including phenoxy) is 1. The number of nitrogens with zero attached hydrogens (tertiary/aromatic N) is 1. The quantitative estimate of drug-likeness (QED) is 0.824. The van der Waals surface area contributed by atoms with Gasteiger partial charge in [0.1, 0.15) is 11.5 Å².